The predicted octanol–water partition coefficient (Wildman–Crippen LogP) is 2.32. The first kappa shape index (κ1) is 12.3. The number of nitrogens with zero attached hydrogens (tertiary/aromatic N) is 4. The highest BCUT2D eigenvalue weighted by molar-refractivity contribution is 5.47. The van der Waals surface area contributed by atoms with Crippen LogP contribution in [0.1, 0.15) is 22.4 Å². The molecule has 106 valence electrons. The highest BCUT2D eigenvalue weighted by Crippen LogP contribution is 2.25. The van der Waals surface area contributed by atoms with Crippen molar-refractivity contribution in [3.8, 4) is 0 Å². The molecule has 1 N–H and O–H groups in total. The summed E-state index contributed by atoms with van der Waals surface area (Å²) in [4.78, 5) is 8.54. The molecule has 0 bridgehead atoms. The Balaban J connectivity index is 1.63. The molecule has 0 saturated carbocycles. The Labute approximate surface area is 123 Å². The Morgan fingerprint density at radius 1 is 1.14 bits per heavy atom. The van der Waals surface area contributed by atoms with Gasteiger partial charge < -0.3 is 5.32 Å². The van der Waals surface area contributed by atoms with Gasteiger partial charge in [0.05, 0.1) is 0 Å². The van der Waals surface area contributed by atoms with Crippen LogP contribution in [0.25, 0.3) is 5.78 Å². The first-order valence-corrected chi connectivity index (χ1v) is 7.21. The van der Waals surface area contributed by atoms with Crippen LogP contribution in [-0.4, -0.2) is 25.6 Å². The van der Waals surface area contributed by atoms with E-state index >= 15 is 0 Å². The molecule has 0 fully saturated rings. The fraction of sp³-hybridized carbons (Fsp3) is 0.312. The van der Waals surface area contributed by atoms with Crippen LogP contribution in [0.2, 0.25) is 0 Å². The zero-order chi connectivity index (χ0) is 14.4. The monoisotopic (exact) mass is 279 g/mol. The minimum atomic E-state index is 0.399. The number of anilines is 1. The molecular weight excluding hydrogens is 262 g/mol. The van der Waals surface area contributed by atoms with E-state index in [1.54, 1.807) is 10.8 Å². The van der Waals surface area contributed by atoms with Gasteiger partial charge in [0.2, 0.25) is 0 Å². The van der Waals surface area contributed by atoms with Crippen LogP contribution in [-0.2, 0) is 12.8 Å². The third-order valence-electron chi connectivity index (χ3n) is 4.03. The van der Waals surface area contributed by atoms with E-state index in [9.17, 15) is 0 Å². The third-order valence-corrected chi connectivity index (χ3v) is 4.03. The van der Waals surface area contributed by atoms with Crippen molar-refractivity contribution in [2.24, 2.45) is 0 Å². The normalized spacial score (nSPS) is 17.1. The van der Waals surface area contributed by atoms with Crippen LogP contribution in [0.5, 0.6) is 0 Å². The van der Waals surface area contributed by atoms with Crippen molar-refractivity contribution in [2.75, 3.05) is 5.32 Å². The topological polar surface area (TPSA) is 55.1 Å². The Bertz CT molecular complexity index is 821. The average Bonchev–Trinajstić information content (AvgIpc) is 3.03. The maximum absolute atomic E-state index is 4.37. The molecule has 2 heterocycles. The Kier molecular flexibility index (Phi) is 2.67. The summed E-state index contributed by atoms with van der Waals surface area (Å²) < 4.78 is 1.77. The van der Waals surface area contributed by atoms with Crippen LogP contribution >= 0.6 is 0 Å². The van der Waals surface area contributed by atoms with Gasteiger partial charge in [-0.15, -0.1) is 0 Å². The van der Waals surface area contributed by atoms with Gasteiger partial charge in [-0.05, 0) is 37.8 Å². The number of hydrogen-bond donors (Lipinski definition) is 1. The van der Waals surface area contributed by atoms with Crippen LogP contribution in [0, 0.1) is 13.8 Å². The van der Waals surface area contributed by atoms with Crippen LogP contribution < -0.4 is 5.32 Å². The van der Waals surface area contributed by atoms with E-state index in [0.717, 1.165) is 24.4 Å². The molecule has 1 aliphatic carbocycles. The Hall–Kier alpha value is -2.43. The highest BCUT2D eigenvalue weighted by Gasteiger charge is 2.22. The number of nitrogens with one attached hydrogen (secondary N) is 1. The van der Waals surface area contributed by atoms with Crippen molar-refractivity contribution in [1.82, 2.24) is 19.6 Å². The minimum Gasteiger partial charge on any atom is -0.366 e. The van der Waals surface area contributed by atoms with Crippen molar-refractivity contribution in [3.05, 3.63) is 53.0 Å². The highest BCUT2D eigenvalue weighted by atomic mass is 15.4. The molecule has 0 aliphatic heterocycles. The molecule has 0 radical (unpaired) electrons. The van der Waals surface area contributed by atoms with Gasteiger partial charge in [0.15, 0.2) is 0 Å². The number of aryl methyl sites for hydroxylation is 2. The van der Waals surface area contributed by atoms with Crippen LogP contribution in [0.4, 0.5) is 5.82 Å². The van der Waals surface area contributed by atoms with E-state index in [0.29, 0.717) is 11.8 Å². The second kappa shape index (κ2) is 4.55. The fourth-order valence-electron chi connectivity index (χ4n) is 3.09. The lowest BCUT2D eigenvalue weighted by Crippen LogP contribution is -2.21. The molecule has 0 amide bonds. The largest absolute Gasteiger partial charge is 0.366 e. The van der Waals surface area contributed by atoms with Gasteiger partial charge >= 0.3 is 0 Å². The molecule has 1 atom stereocenters. The second-order valence-electron chi connectivity index (χ2n) is 5.78. The van der Waals surface area contributed by atoms with Crippen molar-refractivity contribution in [2.45, 2.75) is 32.7 Å². The van der Waals surface area contributed by atoms with Gasteiger partial charge in [-0.2, -0.15) is 14.6 Å². The summed E-state index contributed by atoms with van der Waals surface area (Å²) in [5.74, 6) is 1.60. The summed E-state index contributed by atoms with van der Waals surface area (Å²) in [6.45, 7) is 4.12. The Morgan fingerprint density at radius 3 is 2.90 bits per heavy atom. The number of hydrogen-bond acceptors (Lipinski definition) is 4. The van der Waals surface area contributed by atoms with Crippen molar-refractivity contribution >= 4 is 11.6 Å². The summed E-state index contributed by atoms with van der Waals surface area (Å²) in [5, 5.41) is 7.84. The minimum absolute atomic E-state index is 0.399. The standard InChI is InChI=1S/C16H17N5/c1-10-3-4-12-7-14(8-13(12)5-10)20-15-6-11(2)19-16-17-9-18-21(15)16/h3-6,9,14,20H,7-8H2,1-2H3. The summed E-state index contributed by atoms with van der Waals surface area (Å²) >= 11 is 0. The van der Waals surface area contributed by atoms with E-state index in [4.69, 9.17) is 0 Å². The molecular formula is C16H17N5. The molecule has 21 heavy (non-hydrogen) atoms. The number of aromatic nitrogens is 4. The van der Waals surface area contributed by atoms with E-state index in [2.05, 4.69) is 45.5 Å². The SMILES string of the molecule is Cc1ccc2c(c1)CC(Nc1cc(C)nc3ncnn13)C2. The van der Waals surface area contributed by atoms with Crippen molar-refractivity contribution < 1.29 is 0 Å². The molecule has 1 unspecified atom stereocenters. The molecule has 4 rings (SSSR count). The molecule has 3 aromatic rings. The molecule has 2 aromatic heterocycles. The van der Waals surface area contributed by atoms with E-state index < -0.39 is 0 Å². The number of fused-ring (bicyclic) bond motifs is 2. The maximum Gasteiger partial charge on any atom is 0.254 e. The van der Waals surface area contributed by atoms with E-state index in [-0.39, 0.29) is 0 Å². The zero-order valence-corrected chi connectivity index (χ0v) is 12.2. The van der Waals surface area contributed by atoms with Gasteiger partial charge in [-0.3, -0.25) is 0 Å². The summed E-state index contributed by atoms with van der Waals surface area (Å²) in [6, 6.07) is 9.15. The molecule has 1 aromatic carbocycles. The summed E-state index contributed by atoms with van der Waals surface area (Å²) in [5.41, 5.74) is 5.17. The summed E-state index contributed by atoms with van der Waals surface area (Å²) in [7, 11) is 0. The first-order chi connectivity index (χ1) is 10.2. The third kappa shape index (κ3) is 2.14. The lowest BCUT2D eigenvalue weighted by atomic mass is 10.1. The summed E-state index contributed by atoms with van der Waals surface area (Å²) in [6.07, 6.45) is 3.64. The number of benzene rings is 1. The molecule has 0 spiro atoms. The Morgan fingerprint density at radius 2 is 2.00 bits per heavy atom. The molecule has 5 heteroatoms. The van der Waals surface area contributed by atoms with E-state index in [1.807, 2.05) is 13.0 Å². The van der Waals surface area contributed by atoms with Gasteiger partial charge in [0.1, 0.15) is 12.1 Å². The fourth-order valence-corrected chi connectivity index (χ4v) is 3.09. The van der Waals surface area contributed by atoms with Crippen LogP contribution in [0.15, 0.2) is 30.6 Å². The second-order valence-corrected chi connectivity index (χ2v) is 5.78. The molecule has 5 nitrogen and oxygen atoms in total. The predicted molar refractivity (Wildman–Crippen MR) is 81.5 cm³/mol. The first-order valence-electron chi connectivity index (χ1n) is 7.21. The van der Waals surface area contributed by atoms with Gasteiger partial charge in [0, 0.05) is 17.8 Å². The maximum atomic E-state index is 4.37. The average molecular weight is 279 g/mol. The lowest BCUT2D eigenvalue weighted by Gasteiger charge is -2.14. The quantitative estimate of drug-likeness (QED) is 0.782. The van der Waals surface area contributed by atoms with Gasteiger partial charge in [0.25, 0.3) is 5.78 Å². The van der Waals surface area contributed by atoms with Crippen LogP contribution in [0.3, 0.4) is 0 Å². The lowest BCUT2D eigenvalue weighted by molar-refractivity contribution is 0.756. The van der Waals surface area contributed by atoms with E-state index in [1.165, 1.54) is 16.7 Å². The molecule has 1 aliphatic rings. The van der Waals surface area contributed by atoms with Gasteiger partial charge in [-0.25, -0.2) is 4.98 Å². The van der Waals surface area contributed by atoms with Crippen molar-refractivity contribution in [3.63, 3.8) is 0 Å². The number of rotatable bonds is 2. The molecule has 0 saturated heterocycles. The zero-order valence-electron chi connectivity index (χ0n) is 12.2. The smallest absolute Gasteiger partial charge is 0.254 e. The van der Waals surface area contributed by atoms with Crippen molar-refractivity contribution in [1.29, 1.82) is 0 Å². The van der Waals surface area contributed by atoms with Gasteiger partial charge in [-0.1, -0.05) is 23.8 Å².